The van der Waals surface area contributed by atoms with Crippen LogP contribution in [0.1, 0.15) is 15.9 Å². The van der Waals surface area contributed by atoms with Gasteiger partial charge in [-0.1, -0.05) is 66.7 Å². The summed E-state index contributed by atoms with van der Waals surface area (Å²) < 4.78 is 1.45. The minimum Gasteiger partial charge on any atom is -0.377 e. The average Bonchev–Trinajstić information content (AvgIpc) is 3.23. The molecule has 1 N–H and O–H groups in total. The van der Waals surface area contributed by atoms with Crippen LogP contribution in [-0.4, -0.2) is 29.8 Å². The lowest BCUT2D eigenvalue weighted by Gasteiger charge is -2.18. The first-order valence-corrected chi connectivity index (χ1v) is 9.88. The standard InChI is InChI=1S/C25H24N4O/c1-28(2)23-16-10-9-15-21(23)18-26-24-17-22(19-11-5-3-6-12-19)27-29(24)25(30)20-13-7-4-8-14-20/h3-17,26H,18H2,1-2H3. The number of carbonyl (C=O) groups excluding carboxylic acids is 1. The van der Waals surface area contributed by atoms with Gasteiger partial charge in [0.1, 0.15) is 5.82 Å². The topological polar surface area (TPSA) is 50.2 Å². The Hall–Kier alpha value is -3.86. The van der Waals surface area contributed by atoms with Gasteiger partial charge in [0.25, 0.3) is 5.91 Å². The van der Waals surface area contributed by atoms with E-state index in [2.05, 4.69) is 27.4 Å². The molecule has 5 nitrogen and oxygen atoms in total. The highest BCUT2D eigenvalue weighted by Gasteiger charge is 2.17. The lowest BCUT2D eigenvalue weighted by molar-refractivity contribution is 0.0948. The first kappa shape index (κ1) is 19.5. The van der Waals surface area contributed by atoms with Gasteiger partial charge >= 0.3 is 0 Å². The molecule has 0 spiro atoms. The van der Waals surface area contributed by atoms with Gasteiger partial charge in [-0.15, -0.1) is 0 Å². The van der Waals surface area contributed by atoms with E-state index in [1.165, 1.54) is 4.68 Å². The smallest absolute Gasteiger partial charge is 0.280 e. The number of benzene rings is 3. The summed E-state index contributed by atoms with van der Waals surface area (Å²) in [7, 11) is 4.05. The highest BCUT2D eigenvalue weighted by atomic mass is 16.2. The van der Waals surface area contributed by atoms with Crippen molar-refractivity contribution >= 4 is 17.4 Å². The molecule has 0 aliphatic heterocycles. The summed E-state index contributed by atoms with van der Waals surface area (Å²) in [5.41, 5.74) is 4.59. The predicted octanol–water partition coefficient (Wildman–Crippen LogP) is 4.92. The molecule has 0 bridgehead atoms. The third kappa shape index (κ3) is 4.10. The molecule has 1 aromatic heterocycles. The monoisotopic (exact) mass is 396 g/mol. The molecule has 0 amide bonds. The number of nitrogens with zero attached hydrogens (tertiary/aromatic N) is 3. The van der Waals surface area contributed by atoms with Crippen LogP contribution in [0.5, 0.6) is 0 Å². The fourth-order valence-electron chi connectivity index (χ4n) is 3.40. The molecule has 1 heterocycles. The normalized spacial score (nSPS) is 10.6. The quantitative estimate of drug-likeness (QED) is 0.503. The van der Waals surface area contributed by atoms with Crippen LogP contribution < -0.4 is 10.2 Å². The second kappa shape index (κ2) is 8.66. The molecule has 4 aromatic rings. The van der Waals surface area contributed by atoms with Crippen molar-refractivity contribution in [1.29, 1.82) is 0 Å². The largest absolute Gasteiger partial charge is 0.377 e. The molecule has 0 saturated carbocycles. The van der Waals surface area contributed by atoms with Crippen LogP contribution in [0.3, 0.4) is 0 Å². The van der Waals surface area contributed by atoms with Crippen LogP contribution in [0.4, 0.5) is 11.5 Å². The minimum absolute atomic E-state index is 0.166. The third-order valence-electron chi connectivity index (χ3n) is 4.93. The second-order valence-corrected chi connectivity index (χ2v) is 7.24. The van der Waals surface area contributed by atoms with Crippen LogP contribution in [0, 0.1) is 0 Å². The summed E-state index contributed by atoms with van der Waals surface area (Å²) >= 11 is 0. The van der Waals surface area contributed by atoms with Gasteiger partial charge in [-0.25, -0.2) is 0 Å². The van der Waals surface area contributed by atoms with Crippen molar-refractivity contribution in [2.24, 2.45) is 0 Å². The molecule has 5 heteroatoms. The summed E-state index contributed by atoms with van der Waals surface area (Å²) in [6, 6.07) is 29.2. The number of hydrogen-bond donors (Lipinski definition) is 1. The number of rotatable bonds is 6. The summed E-state index contributed by atoms with van der Waals surface area (Å²) in [6.45, 7) is 0.580. The zero-order valence-electron chi connectivity index (χ0n) is 17.1. The molecule has 4 rings (SSSR count). The molecule has 0 aliphatic carbocycles. The molecular formula is C25H24N4O. The Balaban J connectivity index is 1.69. The van der Waals surface area contributed by atoms with Gasteiger partial charge < -0.3 is 10.2 Å². The van der Waals surface area contributed by atoms with Gasteiger partial charge in [0, 0.05) is 43.5 Å². The molecule has 0 radical (unpaired) electrons. The Labute approximate surface area is 176 Å². The van der Waals surface area contributed by atoms with Crippen LogP contribution in [0.15, 0.2) is 91.0 Å². The Bertz CT molecular complexity index is 1130. The zero-order valence-corrected chi connectivity index (χ0v) is 17.1. The maximum Gasteiger partial charge on any atom is 0.280 e. The number of aromatic nitrogens is 2. The Kier molecular flexibility index (Phi) is 5.61. The summed E-state index contributed by atoms with van der Waals surface area (Å²) in [6.07, 6.45) is 0. The van der Waals surface area contributed by atoms with Crippen LogP contribution in [0.25, 0.3) is 11.3 Å². The maximum absolute atomic E-state index is 13.2. The maximum atomic E-state index is 13.2. The summed E-state index contributed by atoms with van der Waals surface area (Å²) in [5.74, 6) is 0.498. The molecule has 0 atom stereocenters. The highest BCUT2D eigenvalue weighted by Crippen LogP contribution is 2.25. The number of nitrogens with one attached hydrogen (secondary N) is 1. The fraction of sp³-hybridized carbons (Fsp3) is 0.120. The van der Waals surface area contributed by atoms with E-state index in [9.17, 15) is 4.79 Å². The minimum atomic E-state index is -0.166. The van der Waals surface area contributed by atoms with Crippen molar-refractivity contribution in [3.8, 4) is 11.3 Å². The Morgan fingerprint density at radius 1 is 0.900 bits per heavy atom. The highest BCUT2D eigenvalue weighted by molar-refractivity contribution is 5.97. The van der Waals surface area contributed by atoms with Crippen LogP contribution in [-0.2, 0) is 6.54 Å². The molecular weight excluding hydrogens is 372 g/mol. The first-order valence-electron chi connectivity index (χ1n) is 9.88. The lowest BCUT2D eigenvalue weighted by Crippen LogP contribution is -2.18. The summed E-state index contributed by atoms with van der Waals surface area (Å²) in [4.78, 5) is 15.2. The Morgan fingerprint density at radius 3 is 2.23 bits per heavy atom. The van der Waals surface area contributed by atoms with Crippen molar-refractivity contribution in [2.75, 3.05) is 24.3 Å². The molecule has 150 valence electrons. The van der Waals surface area contributed by atoms with E-state index in [0.29, 0.717) is 17.9 Å². The first-order chi connectivity index (χ1) is 14.6. The molecule has 0 fully saturated rings. The van der Waals surface area contributed by atoms with Crippen molar-refractivity contribution in [1.82, 2.24) is 9.78 Å². The van der Waals surface area contributed by atoms with Crippen LogP contribution >= 0.6 is 0 Å². The average molecular weight is 396 g/mol. The van der Waals surface area contributed by atoms with E-state index in [0.717, 1.165) is 22.5 Å². The molecule has 0 aliphatic rings. The molecule has 30 heavy (non-hydrogen) atoms. The summed E-state index contributed by atoms with van der Waals surface area (Å²) in [5, 5.41) is 8.04. The van der Waals surface area contributed by atoms with Gasteiger partial charge in [0.05, 0.1) is 5.69 Å². The van der Waals surface area contributed by atoms with Gasteiger partial charge in [-0.05, 0) is 23.8 Å². The van der Waals surface area contributed by atoms with Gasteiger partial charge in [0.2, 0.25) is 0 Å². The molecule has 0 unspecified atom stereocenters. The van der Waals surface area contributed by atoms with E-state index in [4.69, 9.17) is 0 Å². The SMILES string of the molecule is CN(C)c1ccccc1CNc1cc(-c2ccccc2)nn1C(=O)c1ccccc1. The zero-order chi connectivity index (χ0) is 20.9. The van der Waals surface area contributed by atoms with Crippen molar-refractivity contribution in [3.63, 3.8) is 0 Å². The van der Waals surface area contributed by atoms with E-state index >= 15 is 0 Å². The van der Waals surface area contributed by atoms with E-state index in [1.54, 1.807) is 12.1 Å². The van der Waals surface area contributed by atoms with E-state index in [1.807, 2.05) is 80.8 Å². The van der Waals surface area contributed by atoms with Crippen molar-refractivity contribution in [3.05, 3.63) is 102 Å². The second-order valence-electron chi connectivity index (χ2n) is 7.24. The Morgan fingerprint density at radius 2 is 1.53 bits per heavy atom. The van der Waals surface area contributed by atoms with E-state index in [-0.39, 0.29) is 5.91 Å². The lowest BCUT2D eigenvalue weighted by atomic mass is 10.1. The fourth-order valence-corrected chi connectivity index (χ4v) is 3.40. The van der Waals surface area contributed by atoms with Crippen LogP contribution in [0.2, 0.25) is 0 Å². The van der Waals surface area contributed by atoms with Crippen molar-refractivity contribution < 1.29 is 4.79 Å². The number of anilines is 2. The van der Waals surface area contributed by atoms with Gasteiger partial charge in [0.15, 0.2) is 0 Å². The van der Waals surface area contributed by atoms with Crippen molar-refractivity contribution in [2.45, 2.75) is 6.54 Å². The molecule has 3 aromatic carbocycles. The van der Waals surface area contributed by atoms with Gasteiger partial charge in [-0.3, -0.25) is 4.79 Å². The van der Waals surface area contributed by atoms with E-state index < -0.39 is 0 Å². The predicted molar refractivity (Wildman–Crippen MR) is 122 cm³/mol. The van der Waals surface area contributed by atoms with Gasteiger partial charge in [-0.2, -0.15) is 9.78 Å². The number of hydrogen-bond acceptors (Lipinski definition) is 4. The third-order valence-corrected chi connectivity index (χ3v) is 4.93. The number of para-hydroxylation sites is 1. The number of carbonyl (C=O) groups is 1. The molecule has 0 saturated heterocycles.